The van der Waals surface area contributed by atoms with E-state index in [2.05, 4.69) is 38.1 Å². The van der Waals surface area contributed by atoms with Gasteiger partial charge in [0.2, 0.25) is 0 Å². The largest absolute Gasteiger partial charge is 0.389 e. The predicted octanol–water partition coefficient (Wildman–Crippen LogP) is 2.88. The molecule has 98 valence electrons. The van der Waals surface area contributed by atoms with Crippen molar-refractivity contribution in [1.82, 2.24) is 0 Å². The van der Waals surface area contributed by atoms with Gasteiger partial charge in [0.05, 0.1) is 11.8 Å². The molecule has 2 rings (SSSR count). The highest BCUT2D eigenvalue weighted by Gasteiger charge is 2.29. The molecule has 0 aromatic heterocycles. The minimum atomic E-state index is -0.433. The smallest absolute Gasteiger partial charge is 0.158 e. The van der Waals surface area contributed by atoms with Gasteiger partial charge in [0.15, 0.2) is 6.10 Å². The van der Waals surface area contributed by atoms with E-state index in [1.807, 2.05) is 6.92 Å². The first-order valence-corrected chi connectivity index (χ1v) is 6.52. The molecule has 1 aliphatic rings. The van der Waals surface area contributed by atoms with Crippen LogP contribution in [0.3, 0.4) is 0 Å². The summed E-state index contributed by atoms with van der Waals surface area (Å²) in [5.74, 6) is 0. The molecule has 18 heavy (non-hydrogen) atoms. The van der Waals surface area contributed by atoms with Gasteiger partial charge in [0, 0.05) is 12.0 Å². The molecule has 0 radical (unpaired) electrons. The summed E-state index contributed by atoms with van der Waals surface area (Å²) in [7, 11) is 0. The Kier molecular flexibility index (Phi) is 3.71. The van der Waals surface area contributed by atoms with E-state index in [0.29, 0.717) is 12.8 Å². The highest BCUT2D eigenvalue weighted by molar-refractivity contribution is 6.03. The molecule has 3 nitrogen and oxygen atoms in total. The highest BCUT2D eigenvalue weighted by atomic mass is 16.7. The zero-order valence-electron chi connectivity index (χ0n) is 11.5. The second-order valence-corrected chi connectivity index (χ2v) is 5.14. The lowest BCUT2D eigenvalue weighted by Crippen LogP contribution is -2.25. The lowest BCUT2D eigenvalue weighted by atomic mass is 9.93. The zero-order chi connectivity index (χ0) is 13.3. The van der Waals surface area contributed by atoms with Crippen molar-refractivity contribution in [3.05, 3.63) is 34.4 Å². The predicted molar refractivity (Wildman–Crippen MR) is 73.0 cm³/mol. The molecular formula is C15H21NO2. The van der Waals surface area contributed by atoms with Crippen LogP contribution in [0.5, 0.6) is 0 Å². The van der Waals surface area contributed by atoms with Crippen LogP contribution in [0.25, 0.3) is 0 Å². The Balaban J connectivity index is 2.25. The number of benzene rings is 1. The maximum absolute atomic E-state index is 9.81. The second-order valence-electron chi connectivity index (χ2n) is 5.14. The van der Waals surface area contributed by atoms with Gasteiger partial charge in [0.1, 0.15) is 0 Å². The first kappa shape index (κ1) is 13.1. The Bertz CT molecular complexity index is 456. The fraction of sp³-hybridized carbons (Fsp3) is 0.533. The summed E-state index contributed by atoms with van der Waals surface area (Å²) in [4.78, 5) is 5.35. The molecule has 1 aliphatic heterocycles. The Labute approximate surface area is 108 Å². The van der Waals surface area contributed by atoms with Gasteiger partial charge in [-0.05, 0) is 38.3 Å². The third-order valence-electron chi connectivity index (χ3n) is 3.51. The monoisotopic (exact) mass is 247 g/mol. The van der Waals surface area contributed by atoms with Crippen molar-refractivity contribution in [2.24, 2.45) is 5.16 Å². The van der Waals surface area contributed by atoms with Crippen molar-refractivity contribution in [3.8, 4) is 0 Å². The molecule has 3 heteroatoms. The number of nitrogens with zero attached hydrogens (tertiary/aromatic N) is 1. The fourth-order valence-electron chi connectivity index (χ4n) is 2.65. The van der Waals surface area contributed by atoms with Gasteiger partial charge in [0.25, 0.3) is 0 Å². The normalized spacial score (nSPS) is 20.5. The minimum absolute atomic E-state index is 0.190. The molecule has 1 heterocycles. The summed E-state index contributed by atoms with van der Waals surface area (Å²) >= 11 is 0. The van der Waals surface area contributed by atoms with E-state index in [4.69, 9.17) is 4.84 Å². The van der Waals surface area contributed by atoms with Crippen molar-refractivity contribution >= 4 is 5.71 Å². The van der Waals surface area contributed by atoms with Crippen LogP contribution in [0.1, 0.15) is 42.0 Å². The molecule has 0 fully saturated rings. The zero-order valence-corrected chi connectivity index (χ0v) is 11.5. The van der Waals surface area contributed by atoms with Gasteiger partial charge < -0.3 is 9.94 Å². The Morgan fingerprint density at radius 1 is 1.33 bits per heavy atom. The van der Waals surface area contributed by atoms with Gasteiger partial charge in [-0.3, -0.25) is 0 Å². The Morgan fingerprint density at radius 3 is 2.50 bits per heavy atom. The average Bonchev–Trinajstić information content (AvgIpc) is 2.76. The molecule has 0 bridgehead atoms. The van der Waals surface area contributed by atoms with Gasteiger partial charge >= 0.3 is 0 Å². The standard InChI is InChI=1S/C15H21NO2/c1-5-13(17)14-8-12(16-18-14)15-10(3)6-9(2)7-11(15)4/h6-7,13-14,17H,5,8H2,1-4H3/t13-,14+/m1/s1. The van der Waals surface area contributed by atoms with Crippen LogP contribution in [0.15, 0.2) is 17.3 Å². The SMILES string of the molecule is CC[C@@H](O)[C@@H]1CC(c2c(C)cc(C)cc2C)=NO1. The number of aliphatic hydroxyl groups is 1. The van der Waals surface area contributed by atoms with Crippen molar-refractivity contribution < 1.29 is 9.94 Å². The highest BCUT2D eigenvalue weighted by Crippen LogP contribution is 2.25. The summed E-state index contributed by atoms with van der Waals surface area (Å²) < 4.78 is 0. The van der Waals surface area contributed by atoms with Crippen LogP contribution >= 0.6 is 0 Å². The molecule has 0 aliphatic carbocycles. The first-order valence-electron chi connectivity index (χ1n) is 6.52. The summed E-state index contributed by atoms with van der Waals surface area (Å²) in [5, 5.41) is 14.0. The molecule has 0 amide bonds. The number of aryl methyl sites for hydroxylation is 3. The topological polar surface area (TPSA) is 41.8 Å². The molecular weight excluding hydrogens is 226 g/mol. The molecule has 0 saturated heterocycles. The molecule has 1 aromatic rings. The Morgan fingerprint density at radius 2 is 1.94 bits per heavy atom. The maximum Gasteiger partial charge on any atom is 0.158 e. The van der Waals surface area contributed by atoms with Crippen molar-refractivity contribution in [2.45, 2.75) is 52.7 Å². The number of hydrogen-bond acceptors (Lipinski definition) is 3. The summed E-state index contributed by atoms with van der Waals surface area (Å²) in [5.41, 5.74) is 5.84. The first-order chi connectivity index (χ1) is 8.52. The van der Waals surface area contributed by atoms with E-state index in [0.717, 1.165) is 5.71 Å². The third kappa shape index (κ3) is 2.41. The molecule has 0 saturated carbocycles. The summed E-state index contributed by atoms with van der Waals surface area (Å²) in [6.07, 6.45) is 0.765. The Hall–Kier alpha value is -1.35. The van der Waals surface area contributed by atoms with Crippen LogP contribution in [-0.2, 0) is 4.84 Å². The number of hydrogen-bond donors (Lipinski definition) is 1. The van der Waals surface area contributed by atoms with Crippen molar-refractivity contribution in [2.75, 3.05) is 0 Å². The van der Waals surface area contributed by atoms with E-state index in [1.165, 1.54) is 22.3 Å². The van der Waals surface area contributed by atoms with Crippen LogP contribution < -0.4 is 0 Å². The number of aliphatic hydroxyl groups excluding tert-OH is 1. The fourth-order valence-corrected chi connectivity index (χ4v) is 2.65. The van der Waals surface area contributed by atoms with Crippen LogP contribution in [0.2, 0.25) is 0 Å². The van der Waals surface area contributed by atoms with E-state index < -0.39 is 6.10 Å². The quantitative estimate of drug-likeness (QED) is 0.892. The molecule has 0 spiro atoms. The molecule has 2 atom stereocenters. The van der Waals surface area contributed by atoms with Crippen molar-refractivity contribution in [3.63, 3.8) is 0 Å². The third-order valence-corrected chi connectivity index (χ3v) is 3.51. The van der Waals surface area contributed by atoms with E-state index in [9.17, 15) is 5.11 Å². The van der Waals surface area contributed by atoms with Crippen LogP contribution in [-0.4, -0.2) is 23.0 Å². The minimum Gasteiger partial charge on any atom is -0.389 e. The van der Waals surface area contributed by atoms with Crippen molar-refractivity contribution in [1.29, 1.82) is 0 Å². The van der Waals surface area contributed by atoms with E-state index in [-0.39, 0.29) is 6.10 Å². The van der Waals surface area contributed by atoms with E-state index >= 15 is 0 Å². The van der Waals surface area contributed by atoms with Gasteiger partial charge in [-0.15, -0.1) is 0 Å². The van der Waals surface area contributed by atoms with Crippen LogP contribution in [0.4, 0.5) is 0 Å². The molecule has 0 unspecified atom stereocenters. The van der Waals surface area contributed by atoms with Crippen LogP contribution in [0, 0.1) is 20.8 Å². The van der Waals surface area contributed by atoms with E-state index in [1.54, 1.807) is 0 Å². The second kappa shape index (κ2) is 5.11. The molecule has 1 aromatic carbocycles. The lowest BCUT2D eigenvalue weighted by Gasteiger charge is -2.14. The summed E-state index contributed by atoms with van der Waals surface area (Å²) in [6, 6.07) is 4.32. The number of oxime groups is 1. The lowest BCUT2D eigenvalue weighted by molar-refractivity contribution is -0.0182. The maximum atomic E-state index is 9.81. The number of rotatable bonds is 3. The van der Waals surface area contributed by atoms with Gasteiger partial charge in [-0.2, -0.15) is 0 Å². The summed E-state index contributed by atoms with van der Waals surface area (Å²) in [6.45, 7) is 8.25. The van der Waals surface area contributed by atoms with Gasteiger partial charge in [-0.1, -0.05) is 29.8 Å². The molecule has 1 N–H and O–H groups in total. The van der Waals surface area contributed by atoms with Gasteiger partial charge in [-0.25, -0.2) is 0 Å². The average molecular weight is 247 g/mol.